The van der Waals surface area contributed by atoms with E-state index in [9.17, 15) is 0 Å². The van der Waals surface area contributed by atoms with Gasteiger partial charge in [-0.05, 0) is 36.8 Å². The predicted octanol–water partition coefficient (Wildman–Crippen LogP) is 4.04. The topological polar surface area (TPSA) is 23.4 Å². The fourth-order valence-corrected chi connectivity index (χ4v) is 2.56. The van der Waals surface area contributed by atoms with Gasteiger partial charge < -0.3 is 14.0 Å². The lowest BCUT2D eigenvalue weighted by molar-refractivity contribution is 0.281. The van der Waals surface area contributed by atoms with Crippen molar-refractivity contribution >= 4 is 10.9 Å². The van der Waals surface area contributed by atoms with Gasteiger partial charge in [0.1, 0.15) is 6.61 Å². The molecule has 0 fully saturated rings. The summed E-state index contributed by atoms with van der Waals surface area (Å²) in [6, 6.07) is 16.3. The Morgan fingerprint density at radius 2 is 1.76 bits per heavy atom. The summed E-state index contributed by atoms with van der Waals surface area (Å²) in [6.07, 6.45) is 2.11. The van der Waals surface area contributed by atoms with Crippen molar-refractivity contribution < 1.29 is 9.47 Å². The van der Waals surface area contributed by atoms with E-state index in [1.54, 1.807) is 7.11 Å². The molecule has 0 aliphatic heterocycles. The molecule has 0 radical (unpaired) electrons. The molecular formula is C18H19NO2. The Bertz CT molecular complexity index is 746. The molecule has 0 atom stereocenters. The van der Waals surface area contributed by atoms with E-state index >= 15 is 0 Å². The molecule has 0 aliphatic rings. The standard InChI is InChI=1S/C18H19NO2/c1-14-6-5-7-16-15(14)10-11-19(16)12-13-21-18-9-4-3-8-17(18)20-2/h3-11H,12-13H2,1-2H3. The molecule has 3 aromatic rings. The van der Waals surface area contributed by atoms with E-state index in [0.29, 0.717) is 6.61 Å². The van der Waals surface area contributed by atoms with Crippen molar-refractivity contribution in [2.45, 2.75) is 13.5 Å². The third-order valence-electron chi connectivity index (χ3n) is 3.69. The van der Waals surface area contributed by atoms with Crippen molar-refractivity contribution in [1.82, 2.24) is 4.57 Å². The normalized spacial score (nSPS) is 10.8. The molecule has 0 saturated carbocycles. The number of nitrogens with zero attached hydrogens (tertiary/aromatic N) is 1. The number of hydrogen-bond donors (Lipinski definition) is 0. The van der Waals surface area contributed by atoms with Crippen LogP contribution in [-0.4, -0.2) is 18.3 Å². The fourth-order valence-electron chi connectivity index (χ4n) is 2.56. The van der Waals surface area contributed by atoms with Crippen LogP contribution in [0.25, 0.3) is 10.9 Å². The molecule has 0 unspecified atom stereocenters. The van der Waals surface area contributed by atoms with Gasteiger partial charge in [-0.2, -0.15) is 0 Å². The Morgan fingerprint density at radius 3 is 2.57 bits per heavy atom. The zero-order valence-electron chi connectivity index (χ0n) is 12.4. The van der Waals surface area contributed by atoms with Gasteiger partial charge in [0, 0.05) is 17.1 Å². The van der Waals surface area contributed by atoms with E-state index in [0.717, 1.165) is 18.0 Å². The Hall–Kier alpha value is -2.42. The van der Waals surface area contributed by atoms with Gasteiger partial charge in [-0.15, -0.1) is 0 Å². The van der Waals surface area contributed by atoms with Crippen molar-refractivity contribution in [3.8, 4) is 11.5 Å². The predicted molar refractivity (Wildman–Crippen MR) is 85.2 cm³/mol. The van der Waals surface area contributed by atoms with Crippen LogP contribution >= 0.6 is 0 Å². The van der Waals surface area contributed by atoms with E-state index < -0.39 is 0 Å². The van der Waals surface area contributed by atoms with Crippen LogP contribution < -0.4 is 9.47 Å². The molecule has 108 valence electrons. The molecule has 3 rings (SSSR count). The van der Waals surface area contributed by atoms with Crippen LogP contribution in [0.2, 0.25) is 0 Å². The highest BCUT2D eigenvalue weighted by atomic mass is 16.5. The monoisotopic (exact) mass is 281 g/mol. The largest absolute Gasteiger partial charge is 0.493 e. The minimum atomic E-state index is 0.609. The van der Waals surface area contributed by atoms with Gasteiger partial charge in [-0.1, -0.05) is 24.3 Å². The van der Waals surface area contributed by atoms with Gasteiger partial charge in [0.05, 0.1) is 13.7 Å². The molecule has 0 aliphatic carbocycles. The van der Waals surface area contributed by atoms with Crippen LogP contribution in [0.4, 0.5) is 0 Å². The van der Waals surface area contributed by atoms with Crippen molar-refractivity contribution in [2.24, 2.45) is 0 Å². The number of aryl methyl sites for hydroxylation is 1. The number of para-hydroxylation sites is 2. The summed E-state index contributed by atoms with van der Waals surface area (Å²) in [5, 5.41) is 1.30. The average Bonchev–Trinajstić information content (AvgIpc) is 2.93. The molecule has 0 bridgehead atoms. The van der Waals surface area contributed by atoms with E-state index in [2.05, 4.69) is 42.0 Å². The number of hydrogen-bond acceptors (Lipinski definition) is 2. The number of rotatable bonds is 5. The van der Waals surface area contributed by atoms with E-state index in [4.69, 9.17) is 9.47 Å². The maximum absolute atomic E-state index is 5.83. The summed E-state index contributed by atoms with van der Waals surface area (Å²) in [6.45, 7) is 3.56. The number of fused-ring (bicyclic) bond motifs is 1. The lowest BCUT2D eigenvalue weighted by atomic mass is 10.1. The first-order chi connectivity index (χ1) is 10.3. The second-order valence-electron chi connectivity index (χ2n) is 5.02. The Balaban J connectivity index is 1.71. The van der Waals surface area contributed by atoms with Crippen LogP contribution in [0.3, 0.4) is 0 Å². The van der Waals surface area contributed by atoms with Crippen molar-refractivity contribution in [3.63, 3.8) is 0 Å². The molecule has 1 aromatic heterocycles. The molecule has 21 heavy (non-hydrogen) atoms. The zero-order valence-corrected chi connectivity index (χ0v) is 12.4. The number of methoxy groups -OCH3 is 1. The minimum absolute atomic E-state index is 0.609. The first kappa shape index (κ1) is 13.6. The number of ether oxygens (including phenoxy) is 2. The van der Waals surface area contributed by atoms with Crippen LogP contribution in [0.5, 0.6) is 11.5 Å². The van der Waals surface area contributed by atoms with Crippen molar-refractivity contribution in [3.05, 3.63) is 60.3 Å². The van der Waals surface area contributed by atoms with E-state index in [-0.39, 0.29) is 0 Å². The first-order valence-electron chi connectivity index (χ1n) is 7.10. The molecule has 1 heterocycles. The van der Waals surface area contributed by atoms with E-state index in [1.807, 2.05) is 24.3 Å². The molecule has 0 saturated heterocycles. The van der Waals surface area contributed by atoms with Crippen LogP contribution in [0, 0.1) is 6.92 Å². The minimum Gasteiger partial charge on any atom is -0.493 e. The molecule has 3 nitrogen and oxygen atoms in total. The second kappa shape index (κ2) is 5.92. The van der Waals surface area contributed by atoms with Crippen LogP contribution in [0.15, 0.2) is 54.7 Å². The van der Waals surface area contributed by atoms with Gasteiger partial charge in [-0.3, -0.25) is 0 Å². The first-order valence-corrected chi connectivity index (χ1v) is 7.10. The highest BCUT2D eigenvalue weighted by molar-refractivity contribution is 5.83. The lowest BCUT2D eigenvalue weighted by Crippen LogP contribution is -2.07. The smallest absolute Gasteiger partial charge is 0.161 e. The van der Waals surface area contributed by atoms with Gasteiger partial charge in [-0.25, -0.2) is 0 Å². The summed E-state index contributed by atoms with van der Waals surface area (Å²) in [7, 11) is 1.66. The van der Waals surface area contributed by atoms with Crippen LogP contribution in [-0.2, 0) is 6.54 Å². The molecule has 0 spiro atoms. The van der Waals surface area contributed by atoms with Gasteiger partial charge in [0.25, 0.3) is 0 Å². The Labute approximate surface area is 124 Å². The number of aromatic nitrogens is 1. The number of benzene rings is 2. The Morgan fingerprint density at radius 1 is 0.952 bits per heavy atom. The average molecular weight is 281 g/mol. The van der Waals surface area contributed by atoms with Gasteiger partial charge in [0.15, 0.2) is 11.5 Å². The summed E-state index contributed by atoms with van der Waals surface area (Å²) < 4.78 is 13.3. The summed E-state index contributed by atoms with van der Waals surface area (Å²) in [5.41, 5.74) is 2.55. The summed E-state index contributed by atoms with van der Waals surface area (Å²) >= 11 is 0. The fraction of sp³-hybridized carbons (Fsp3) is 0.222. The molecule has 2 aromatic carbocycles. The van der Waals surface area contributed by atoms with Crippen molar-refractivity contribution in [2.75, 3.05) is 13.7 Å². The zero-order chi connectivity index (χ0) is 14.7. The molecule has 3 heteroatoms. The highest BCUT2D eigenvalue weighted by Crippen LogP contribution is 2.26. The van der Waals surface area contributed by atoms with Crippen LogP contribution in [0.1, 0.15) is 5.56 Å². The lowest BCUT2D eigenvalue weighted by Gasteiger charge is -2.11. The SMILES string of the molecule is COc1ccccc1OCCn1ccc2c(C)cccc21. The van der Waals surface area contributed by atoms with Crippen molar-refractivity contribution in [1.29, 1.82) is 0 Å². The summed E-state index contributed by atoms with van der Waals surface area (Å²) in [5.74, 6) is 1.55. The summed E-state index contributed by atoms with van der Waals surface area (Å²) in [4.78, 5) is 0. The third-order valence-corrected chi connectivity index (χ3v) is 3.69. The Kier molecular flexibility index (Phi) is 3.82. The molecule has 0 amide bonds. The highest BCUT2D eigenvalue weighted by Gasteiger charge is 2.05. The second-order valence-corrected chi connectivity index (χ2v) is 5.02. The maximum Gasteiger partial charge on any atom is 0.161 e. The van der Waals surface area contributed by atoms with Gasteiger partial charge >= 0.3 is 0 Å². The van der Waals surface area contributed by atoms with E-state index in [1.165, 1.54) is 16.5 Å². The van der Waals surface area contributed by atoms with Gasteiger partial charge in [0.2, 0.25) is 0 Å². The third kappa shape index (κ3) is 2.72. The molecular weight excluding hydrogens is 262 g/mol. The quantitative estimate of drug-likeness (QED) is 0.704. The molecule has 0 N–H and O–H groups in total. The maximum atomic E-state index is 5.83.